The molecule has 1 aliphatic heterocycles. The Morgan fingerprint density at radius 2 is 2.05 bits per heavy atom. The van der Waals surface area contributed by atoms with Crippen molar-refractivity contribution in [2.45, 2.75) is 6.42 Å². The van der Waals surface area contributed by atoms with E-state index in [1.807, 2.05) is 12.1 Å². The van der Waals surface area contributed by atoms with Gasteiger partial charge in [-0.25, -0.2) is 9.97 Å². The predicted octanol–water partition coefficient (Wildman–Crippen LogP) is 1.48. The molecule has 0 aliphatic carbocycles. The first-order valence-corrected chi connectivity index (χ1v) is 6.30. The zero-order valence-electron chi connectivity index (χ0n) is 10.5. The number of hydrogen-bond acceptors (Lipinski definition) is 5. The van der Waals surface area contributed by atoms with Gasteiger partial charge in [0.1, 0.15) is 5.75 Å². The molecule has 0 amide bonds. The Balaban J connectivity index is 1.82. The summed E-state index contributed by atoms with van der Waals surface area (Å²) in [6.45, 7) is 1.28. The van der Waals surface area contributed by atoms with E-state index in [-0.39, 0.29) is 6.61 Å². The highest BCUT2D eigenvalue weighted by atomic mass is 16.5. The van der Waals surface area contributed by atoms with Crippen LogP contribution in [0.1, 0.15) is 5.56 Å². The Bertz CT molecular complexity index is 569. The number of fused-ring (bicyclic) bond motifs is 1. The van der Waals surface area contributed by atoms with Crippen molar-refractivity contribution in [1.82, 2.24) is 9.97 Å². The molecule has 5 heteroatoms. The van der Waals surface area contributed by atoms with Crippen LogP contribution in [0.5, 0.6) is 5.75 Å². The van der Waals surface area contributed by atoms with Gasteiger partial charge in [0.15, 0.2) is 0 Å². The van der Waals surface area contributed by atoms with Crippen LogP contribution in [0.25, 0.3) is 11.1 Å². The molecule has 0 spiro atoms. The van der Waals surface area contributed by atoms with Crippen LogP contribution < -0.4 is 10.1 Å². The first-order chi connectivity index (χ1) is 9.36. The van der Waals surface area contributed by atoms with E-state index < -0.39 is 0 Å². The van der Waals surface area contributed by atoms with Gasteiger partial charge in [0.05, 0.1) is 13.2 Å². The second-order valence-electron chi connectivity index (χ2n) is 4.37. The summed E-state index contributed by atoms with van der Waals surface area (Å²) < 4.78 is 5.49. The SMILES string of the molecule is OCCNc1ncc(-c2ccc3c(c2)CCO3)cn1. The molecule has 2 N–H and O–H groups in total. The van der Waals surface area contributed by atoms with Crippen LogP contribution in [-0.4, -0.2) is 34.8 Å². The number of aliphatic hydroxyl groups excluding tert-OH is 1. The molecule has 19 heavy (non-hydrogen) atoms. The van der Waals surface area contributed by atoms with Gasteiger partial charge >= 0.3 is 0 Å². The van der Waals surface area contributed by atoms with Crippen molar-refractivity contribution in [2.75, 3.05) is 25.1 Å². The maximum atomic E-state index is 8.72. The maximum Gasteiger partial charge on any atom is 0.222 e. The molecule has 3 rings (SSSR count). The second kappa shape index (κ2) is 5.24. The fraction of sp³-hybridized carbons (Fsp3) is 0.286. The van der Waals surface area contributed by atoms with Crippen molar-refractivity contribution in [1.29, 1.82) is 0 Å². The van der Waals surface area contributed by atoms with Crippen LogP contribution in [0.2, 0.25) is 0 Å². The van der Waals surface area contributed by atoms with Crippen molar-refractivity contribution in [3.8, 4) is 16.9 Å². The second-order valence-corrected chi connectivity index (χ2v) is 4.37. The Morgan fingerprint density at radius 3 is 2.84 bits per heavy atom. The van der Waals surface area contributed by atoms with Crippen molar-refractivity contribution < 1.29 is 9.84 Å². The van der Waals surface area contributed by atoms with E-state index in [9.17, 15) is 0 Å². The van der Waals surface area contributed by atoms with Gasteiger partial charge in [-0.15, -0.1) is 0 Å². The summed E-state index contributed by atoms with van der Waals surface area (Å²) >= 11 is 0. The van der Waals surface area contributed by atoms with Crippen molar-refractivity contribution in [3.05, 3.63) is 36.2 Å². The number of hydrogen-bond donors (Lipinski definition) is 2. The van der Waals surface area contributed by atoms with E-state index in [0.29, 0.717) is 12.5 Å². The first kappa shape index (κ1) is 11.9. The molecule has 0 saturated carbocycles. The van der Waals surface area contributed by atoms with E-state index in [2.05, 4.69) is 21.4 Å². The van der Waals surface area contributed by atoms with Crippen LogP contribution >= 0.6 is 0 Å². The van der Waals surface area contributed by atoms with Crippen LogP contribution in [-0.2, 0) is 6.42 Å². The molecule has 1 aromatic heterocycles. The number of aromatic nitrogens is 2. The highest BCUT2D eigenvalue weighted by Crippen LogP contribution is 2.29. The van der Waals surface area contributed by atoms with E-state index in [1.54, 1.807) is 12.4 Å². The number of aliphatic hydroxyl groups is 1. The molecule has 0 unspecified atom stereocenters. The van der Waals surface area contributed by atoms with E-state index >= 15 is 0 Å². The predicted molar refractivity (Wildman–Crippen MR) is 72.2 cm³/mol. The fourth-order valence-corrected chi connectivity index (χ4v) is 2.10. The molecular weight excluding hydrogens is 242 g/mol. The Morgan fingerprint density at radius 1 is 1.21 bits per heavy atom. The lowest BCUT2D eigenvalue weighted by atomic mass is 10.0. The summed E-state index contributed by atoms with van der Waals surface area (Å²) in [5.41, 5.74) is 3.31. The van der Waals surface area contributed by atoms with Gasteiger partial charge in [-0.3, -0.25) is 0 Å². The minimum absolute atomic E-state index is 0.0654. The average Bonchev–Trinajstić information content (AvgIpc) is 2.93. The Kier molecular flexibility index (Phi) is 3.29. The van der Waals surface area contributed by atoms with Gasteiger partial charge in [-0.2, -0.15) is 0 Å². The van der Waals surface area contributed by atoms with E-state index in [1.165, 1.54) is 5.56 Å². The van der Waals surface area contributed by atoms with Crippen molar-refractivity contribution in [2.24, 2.45) is 0 Å². The molecule has 0 saturated heterocycles. The topological polar surface area (TPSA) is 67.3 Å². The van der Waals surface area contributed by atoms with Crippen LogP contribution in [0.3, 0.4) is 0 Å². The zero-order chi connectivity index (χ0) is 13.1. The van der Waals surface area contributed by atoms with Gasteiger partial charge in [0.2, 0.25) is 5.95 Å². The molecular formula is C14H15N3O2. The third-order valence-corrected chi connectivity index (χ3v) is 3.07. The molecule has 1 aliphatic rings. The number of ether oxygens (including phenoxy) is 1. The summed E-state index contributed by atoms with van der Waals surface area (Å²) in [4.78, 5) is 8.44. The normalized spacial score (nSPS) is 12.9. The molecule has 0 fully saturated rings. The average molecular weight is 257 g/mol. The third-order valence-electron chi connectivity index (χ3n) is 3.07. The molecule has 0 bridgehead atoms. The number of rotatable bonds is 4. The Labute approximate surface area is 111 Å². The number of anilines is 1. The molecule has 2 aromatic rings. The first-order valence-electron chi connectivity index (χ1n) is 6.30. The minimum atomic E-state index is 0.0654. The van der Waals surface area contributed by atoms with Gasteiger partial charge in [0.25, 0.3) is 0 Å². The lowest BCUT2D eigenvalue weighted by Crippen LogP contribution is -2.08. The molecule has 2 heterocycles. The van der Waals surface area contributed by atoms with Crippen LogP contribution in [0, 0.1) is 0 Å². The molecule has 98 valence electrons. The van der Waals surface area contributed by atoms with Crippen molar-refractivity contribution >= 4 is 5.95 Å². The van der Waals surface area contributed by atoms with Gasteiger partial charge in [-0.1, -0.05) is 6.07 Å². The lowest BCUT2D eigenvalue weighted by Gasteiger charge is -2.05. The standard InChI is InChI=1S/C14H15N3O2/c18-5-4-15-14-16-8-12(9-17-14)10-1-2-13-11(7-10)3-6-19-13/h1-2,7-9,18H,3-6H2,(H,15,16,17). The monoisotopic (exact) mass is 257 g/mol. The summed E-state index contributed by atoms with van der Waals surface area (Å²) in [6, 6.07) is 6.14. The Hall–Kier alpha value is -2.14. The quantitative estimate of drug-likeness (QED) is 0.868. The largest absolute Gasteiger partial charge is 0.493 e. The summed E-state index contributed by atoms with van der Waals surface area (Å²) in [7, 11) is 0. The summed E-state index contributed by atoms with van der Waals surface area (Å²) in [6.07, 6.45) is 4.52. The summed E-state index contributed by atoms with van der Waals surface area (Å²) in [5.74, 6) is 1.51. The third kappa shape index (κ3) is 2.51. The fourth-order valence-electron chi connectivity index (χ4n) is 2.10. The number of nitrogens with zero attached hydrogens (tertiary/aromatic N) is 2. The smallest absolute Gasteiger partial charge is 0.222 e. The zero-order valence-corrected chi connectivity index (χ0v) is 10.5. The van der Waals surface area contributed by atoms with Crippen LogP contribution in [0.15, 0.2) is 30.6 Å². The van der Waals surface area contributed by atoms with Gasteiger partial charge < -0.3 is 15.2 Å². The van der Waals surface area contributed by atoms with E-state index in [4.69, 9.17) is 9.84 Å². The van der Waals surface area contributed by atoms with Gasteiger partial charge in [-0.05, 0) is 23.3 Å². The minimum Gasteiger partial charge on any atom is -0.493 e. The lowest BCUT2D eigenvalue weighted by molar-refractivity contribution is 0.311. The van der Waals surface area contributed by atoms with Gasteiger partial charge in [0, 0.05) is 30.9 Å². The number of benzene rings is 1. The van der Waals surface area contributed by atoms with E-state index in [0.717, 1.165) is 29.9 Å². The number of nitrogens with one attached hydrogen (secondary N) is 1. The highest BCUT2D eigenvalue weighted by molar-refractivity contribution is 5.65. The van der Waals surface area contributed by atoms with Crippen molar-refractivity contribution in [3.63, 3.8) is 0 Å². The molecule has 1 aromatic carbocycles. The van der Waals surface area contributed by atoms with Crippen LogP contribution in [0.4, 0.5) is 5.95 Å². The molecule has 0 atom stereocenters. The maximum absolute atomic E-state index is 8.72. The summed E-state index contributed by atoms with van der Waals surface area (Å²) in [5, 5.41) is 11.6. The highest BCUT2D eigenvalue weighted by Gasteiger charge is 2.12. The molecule has 0 radical (unpaired) electrons. The molecule has 5 nitrogen and oxygen atoms in total.